The van der Waals surface area contributed by atoms with Crippen LogP contribution in [0.5, 0.6) is 5.75 Å². The summed E-state index contributed by atoms with van der Waals surface area (Å²) in [7, 11) is 0. The van der Waals surface area contributed by atoms with Crippen LogP contribution in [-0.4, -0.2) is 17.6 Å². The van der Waals surface area contributed by atoms with Crippen molar-refractivity contribution in [2.75, 3.05) is 11.4 Å². The number of carbonyl (C=O) groups excluding carboxylic acids is 1. The van der Waals surface area contributed by atoms with Gasteiger partial charge in [0.1, 0.15) is 5.75 Å². The minimum absolute atomic E-state index is 0.0308. The van der Waals surface area contributed by atoms with Crippen molar-refractivity contribution >= 4 is 27.5 Å². The van der Waals surface area contributed by atoms with E-state index in [2.05, 4.69) is 21.2 Å². The van der Waals surface area contributed by atoms with Gasteiger partial charge in [-0.05, 0) is 53.4 Å². The van der Waals surface area contributed by atoms with Crippen LogP contribution in [-0.2, 0) is 23.3 Å². The molecular formula is C23H19BrN2O2. The van der Waals surface area contributed by atoms with Gasteiger partial charge in [0.25, 0.3) is 5.91 Å². The lowest BCUT2D eigenvalue weighted by Crippen LogP contribution is -2.54. The van der Waals surface area contributed by atoms with E-state index in [4.69, 9.17) is 0 Å². The maximum Gasteiger partial charge on any atom is 0.256 e. The molecular weight excluding hydrogens is 416 g/mol. The van der Waals surface area contributed by atoms with E-state index in [9.17, 15) is 9.90 Å². The van der Waals surface area contributed by atoms with Crippen LogP contribution >= 0.6 is 15.9 Å². The van der Waals surface area contributed by atoms with Gasteiger partial charge < -0.3 is 10.0 Å². The molecule has 2 aliphatic rings. The summed E-state index contributed by atoms with van der Waals surface area (Å²) in [6.45, 7) is 1.20. The Morgan fingerprint density at radius 3 is 2.64 bits per heavy atom. The van der Waals surface area contributed by atoms with Gasteiger partial charge in [-0.1, -0.05) is 52.3 Å². The van der Waals surface area contributed by atoms with Gasteiger partial charge in [-0.25, -0.2) is 0 Å². The highest BCUT2D eigenvalue weighted by atomic mass is 79.9. The van der Waals surface area contributed by atoms with E-state index < -0.39 is 5.54 Å². The third kappa shape index (κ3) is 2.50. The molecule has 1 unspecified atom stereocenters. The average Bonchev–Trinajstić information content (AvgIpc) is 2.93. The summed E-state index contributed by atoms with van der Waals surface area (Å²) in [4.78, 5) is 15.7. The first-order valence-corrected chi connectivity index (χ1v) is 10.1. The highest BCUT2D eigenvalue weighted by Crippen LogP contribution is 2.47. The van der Waals surface area contributed by atoms with Gasteiger partial charge in [-0.3, -0.25) is 10.1 Å². The molecule has 1 atom stereocenters. The number of halogens is 1. The minimum Gasteiger partial charge on any atom is -0.508 e. The fourth-order valence-corrected chi connectivity index (χ4v) is 4.71. The molecule has 1 spiro atoms. The topological polar surface area (TPSA) is 52.6 Å². The molecule has 2 aliphatic heterocycles. The predicted octanol–water partition coefficient (Wildman–Crippen LogP) is 4.09. The summed E-state index contributed by atoms with van der Waals surface area (Å²) >= 11 is 3.47. The summed E-state index contributed by atoms with van der Waals surface area (Å²) in [5.41, 5.74) is 4.05. The Bertz CT molecular complexity index is 1080. The number of nitrogens with zero attached hydrogens (tertiary/aromatic N) is 1. The van der Waals surface area contributed by atoms with Crippen LogP contribution < -0.4 is 10.2 Å². The molecule has 0 saturated heterocycles. The molecule has 2 N–H and O–H groups in total. The van der Waals surface area contributed by atoms with E-state index in [0.29, 0.717) is 13.1 Å². The van der Waals surface area contributed by atoms with Crippen molar-refractivity contribution in [2.45, 2.75) is 18.5 Å². The van der Waals surface area contributed by atoms with Crippen molar-refractivity contribution < 1.29 is 9.90 Å². The lowest BCUT2D eigenvalue weighted by molar-refractivity contribution is -0.123. The summed E-state index contributed by atoms with van der Waals surface area (Å²) in [5, 5.41) is 13.5. The van der Waals surface area contributed by atoms with Gasteiger partial charge in [0.05, 0.1) is 12.2 Å². The Labute approximate surface area is 171 Å². The number of hydrogen-bond acceptors (Lipinski definition) is 3. The number of rotatable bonds is 2. The zero-order valence-electron chi connectivity index (χ0n) is 15.2. The fourth-order valence-electron chi connectivity index (χ4n) is 4.45. The lowest BCUT2D eigenvalue weighted by atomic mass is 9.78. The second-order valence-corrected chi connectivity index (χ2v) is 8.22. The summed E-state index contributed by atoms with van der Waals surface area (Å²) in [6.07, 6.45) is 0.785. The monoisotopic (exact) mass is 434 g/mol. The first-order valence-electron chi connectivity index (χ1n) is 9.33. The molecule has 1 amide bonds. The van der Waals surface area contributed by atoms with Crippen molar-refractivity contribution in [3.63, 3.8) is 0 Å². The number of aromatic hydroxyl groups is 1. The number of para-hydroxylation sites is 1. The SMILES string of the molecule is O=C1N(Cc2ccc(Br)cc2)c2ccccc2C12NCCc1cc(O)ccc12. The van der Waals surface area contributed by atoms with Gasteiger partial charge in [0, 0.05) is 16.6 Å². The van der Waals surface area contributed by atoms with Crippen molar-refractivity contribution in [1.29, 1.82) is 0 Å². The number of fused-ring (bicyclic) bond motifs is 4. The molecule has 3 aromatic rings. The molecule has 28 heavy (non-hydrogen) atoms. The van der Waals surface area contributed by atoms with Gasteiger partial charge in [0.15, 0.2) is 5.54 Å². The number of phenolic OH excluding ortho intramolecular Hbond substituents is 1. The second kappa shape index (κ2) is 6.47. The van der Waals surface area contributed by atoms with Crippen LogP contribution in [0.15, 0.2) is 71.2 Å². The summed E-state index contributed by atoms with van der Waals surface area (Å²) in [5.74, 6) is 0.268. The van der Waals surface area contributed by atoms with Crippen LogP contribution in [0.2, 0.25) is 0 Å². The van der Waals surface area contributed by atoms with E-state index in [-0.39, 0.29) is 11.7 Å². The molecule has 0 aliphatic carbocycles. The van der Waals surface area contributed by atoms with Crippen molar-refractivity contribution in [3.05, 3.63) is 93.5 Å². The molecule has 3 aromatic carbocycles. The number of hydrogen-bond donors (Lipinski definition) is 2. The fraction of sp³-hybridized carbons (Fsp3) is 0.174. The van der Waals surface area contributed by atoms with Crippen LogP contribution in [0.3, 0.4) is 0 Å². The molecule has 0 radical (unpaired) electrons. The Morgan fingerprint density at radius 1 is 1.04 bits per heavy atom. The predicted molar refractivity (Wildman–Crippen MR) is 112 cm³/mol. The first-order chi connectivity index (χ1) is 13.6. The number of amides is 1. The standard InChI is InChI=1S/C23H19BrN2O2/c24-17-7-5-15(6-8-17)14-26-21-4-2-1-3-20(21)23(22(26)28)19-10-9-18(27)13-16(19)11-12-25-23/h1-10,13,25,27H,11-12,14H2. The number of phenols is 1. The third-order valence-corrected chi connectivity index (χ3v) is 6.22. The Balaban J connectivity index is 1.66. The highest BCUT2D eigenvalue weighted by Gasteiger charge is 2.53. The van der Waals surface area contributed by atoms with Crippen molar-refractivity contribution in [3.8, 4) is 5.75 Å². The number of benzene rings is 3. The average molecular weight is 435 g/mol. The molecule has 140 valence electrons. The van der Waals surface area contributed by atoms with Crippen LogP contribution in [0.1, 0.15) is 22.3 Å². The number of carbonyl (C=O) groups is 1. The molecule has 0 bridgehead atoms. The van der Waals surface area contributed by atoms with Gasteiger partial charge in [0.2, 0.25) is 0 Å². The Hall–Kier alpha value is -2.63. The zero-order valence-corrected chi connectivity index (χ0v) is 16.7. The maximum atomic E-state index is 13.8. The molecule has 0 fully saturated rings. The van der Waals surface area contributed by atoms with Crippen molar-refractivity contribution in [2.24, 2.45) is 0 Å². The first kappa shape index (κ1) is 17.5. The molecule has 0 saturated carbocycles. The van der Waals surface area contributed by atoms with Gasteiger partial charge in [-0.2, -0.15) is 0 Å². The smallest absolute Gasteiger partial charge is 0.256 e. The number of anilines is 1. The largest absolute Gasteiger partial charge is 0.508 e. The van der Waals surface area contributed by atoms with Crippen LogP contribution in [0.4, 0.5) is 5.69 Å². The Kier molecular flexibility index (Phi) is 4.03. The van der Waals surface area contributed by atoms with E-state index >= 15 is 0 Å². The minimum atomic E-state index is -0.896. The van der Waals surface area contributed by atoms with E-state index in [1.54, 1.807) is 12.1 Å². The highest BCUT2D eigenvalue weighted by molar-refractivity contribution is 9.10. The molecule has 4 nitrogen and oxygen atoms in total. The molecule has 5 heteroatoms. The second-order valence-electron chi connectivity index (χ2n) is 7.30. The Morgan fingerprint density at radius 2 is 1.82 bits per heavy atom. The number of nitrogens with one attached hydrogen (secondary N) is 1. The lowest BCUT2D eigenvalue weighted by Gasteiger charge is -2.36. The third-order valence-electron chi connectivity index (χ3n) is 5.70. The quantitative estimate of drug-likeness (QED) is 0.638. The summed E-state index contributed by atoms with van der Waals surface area (Å²) < 4.78 is 1.02. The van der Waals surface area contributed by atoms with Crippen LogP contribution in [0.25, 0.3) is 0 Å². The van der Waals surface area contributed by atoms with Gasteiger partial charge >= 0.3 is 0 Å². The molecule has 2 heterocycles. The molecule has 5 rings (SSSR count). The zero-order chi connectivity index (χ0) is 19.3. The van der Waals surface area contributed by atoms with E-state index in [1.165, 1.54) is 0 Å². The normalized spacial score (nSPS) is 20.3. The van der Waals surface area contributed by atoms with E-state index in [1.807, 2.05) is 59.5 Å². The maximum absolute atomic E-state index is 13.8. The summed E-state index contributed by atoms with van der Waals surface area (Å²) in [6, 6.07) is 21.4. The van der Waals surface area contributed by atoms with E-state index in [0.717, 1.165) is 38.8 Å². The molecule has 0 aromatic heterocycles. The van der Waals surface area contributed by atoms with Crippen molar-refractivity contribution in [1.82, 2.24) is 5.32 Å². The van der Waals surface area contributed by atoms with Gasteiger partial charge in [-0.15, -0.1) is 0 Å². The van der Waals surface area contributed by atoms with Crippen LogP contribution in [0, 0.1) is 0 Å².